The summed E-state index contributed by atoms with van der Waals surface area (Å²) in [4.78, 5) is 10.7. The first-order chi connectivity index (χ1) is 10.5. The molecule has 0 unspecified atom stereocenters. The molecule has 22 heavy (non-hydrogen) atoms. The number of hydrazone groups is 1. The predicted molar refractivity (Wildman–Crippen MR) is 84.8 cm³/mol. The SMILES string of the molecule is COc1cc(/C=N/Nc2ccc(C(=O)O)cc2)cc(Br)c1[O-]. The molecule has 0 aliphatic carbocycles. The molecule has 6 nitrogen and oxygen atoms in total. The number of hydrogen-bond acceptors (Lipinski definition) is 5. The first-order valence-electron chi connectivity index (χ1n) is 6.18. The van der Waals surface area contributed by atoms with Gasteiger partial charge in [-0.3, -0.25) is 5.43 Å². The van der Waals surface area contributed by atoms with Gasteiger partial charge in [-0.05, 0) is 42.0 Å². The summed E-state index contributed by atoms with van der Waals surface area (Å²) in [6, 6.07) is 9.38. The van der Waals surface area contributed by atoms with Gasteiger partial charge in [-0.2, -0.15) is 5.10 Å². The largest absolute Gasteiger partial charge is 0.869 e. The lowest BCUT2D eigenvalue weighted by Crippen LogP contribution is -1.99. The van der Waals surface area contributed by atoms with Gasteiger partial charge in [-0.15, -0.1) is 0 Å². The number of nitrogens with one attached hydrogen (secondary N) is 1. The summed E-state index contributed by atoms with van der Waals surface area (Å²) in [5.74, 6) is -0.983. The van der Waals surface area contributed by atoms with Crippen LogP contribution >= 0.6 is 15.9 Å². The van der Waals surface area contributed by atoms with Gasteiger partial charge in [0.1, 0.15) is 5.75 Å². The van der Waals surface area contributed by atoms with E-state index in [1.165, 1.54) is 25.5 Å². The lowest BCUT2D eigenvalue weighted by Gasteiger charge is -2.14. The second-order valence-corrected chi connectivity index (χ2v) is 5.14. The van der Waals surface area contributed by atoms with Gasteiger partial charge in [0.15, 0.2) is 0 Å². The standard InChI is InChI=1S/C15H13BrN2O4/c1-22-13-7-9(6-12(16)14(13)19)8-17-18-11-4-2-10(3-5-11)15(20)21/h2-8,18-19H,1H3,(H,20,21)/p-1/b17-8+. The van der Waals surface area contributed by atoms with Crippen molar-refractivity contribution in [2.24, 2.45) is 5.10 Å². The van der Waals surface area contributed by atoms with Crippen LogP contribution in [-0.4, -0.2) is 24.4 Å². The fourth-order valence-corrected chi connectivity index (χ4v) is 2.14. The van der Waals surface area contributed by atoms with Crippen molar-refractivity contribution in [3.05, 3.63) is 52.0 Å². The summed E-state index contributed by atoms with van der Waals surface area (Å²) in [7, 11) is 1.42. The van der Waals surface area contributed by atoms with Crippen LogP contribution < -0.4 is 15.3 Å². The molecular formula is C15H12BrN2O4-. The topological polar surface area (TPSA) is 94.0 Å². The minimum Gasteiger partial charge on any atom is -0.869 e. The van der Waals surface area contributed by atoms with E-state index in [0.717, 1.165) is 0 Å². The highest BCUT2D eigenvalue weighted by Crippen LogP contribution is 2.32. The summed E-state index contributed by atoms with van der Waals surface area (Å²) >= 11 is 3.17. The Labute approximate surface area is 135 Å². The van der Waals surface area contributed by atoms with Crippen LogP contribution in [0.25, 0.3) is 0 Å². The molecule has 0 saturated heterocycles. The number of ether oxygens (including phenoxy) is 1. The first kappa shape index (κ1) is 15.8. The predicted octanol–water partition coefficient (Wildman–Crippen LogP) is 2.68. The summed E-state index contributed by atoms with van der Waals surface area (Å²) in [6.07, 6.45) is 1.53. The highest BCUT2D eigenvalue weighted by atomic mass is 79.9. The lowest BCUT2D eigenvalue weighted by atomic mass is 10.2. The number of carbonyl (C=O) groups is 1. The van der Waals surface area contributed by atoms with Crippen molar-refractivity contribution in [1.82, 2.24) is 0 Å². The molecule has 0 radical (unpaired) electrons. The Hall–Kier alpha value is -2.54. The smallest absolute Gasteiger partial charge is 0.335 e. The molecule has 0 fully saturated rings. The quantitative estimate of drug-likeness (QED) is 0.629. The van der Waals surface area contributed by atoms with Gasteiger partial charge in [-0.1, -0.05) is 21.7 Å². The van der Waals surface area contributed by atoms with Gasteiger partial charge in [-0.25, -0.2) is 4.79 Å². The number of anilines is 1. The molecule has 0 aliphatic rings. The van der Waals surface area contributed by atoms with E-state index in [-0.39, 0.29) is 17.1 Å². The molecule has 0 aromatic heterocycles. The van der Waals surface area contributed by atoms with Crippen LogP contribution in [0, 0.1) is 0 Å². The molecule has 2 rings (SSSR count). The van der Waals surface area contributed by atoms with E-state index in [4.69, 9.17) is 9.84 Å². The third-order valence-electron chi connectivity index (χ3n) is 2.79. The van der Waals surface area contributed by atoms with Crippen molar-refractivity contribution in [3.63, 3.8) is 0 Å². The van der Waals surface area contributed by atoms with Crippen molar-refractivity contribution in [2.45, 2.75) is 0 Å². The molecule has 2 N–H and O–H groups in total. The zero-order valence-electron chi connectivity index (χ0n) is 11.5. The Balaban J connectivity index is 2.09. The van der Waals surface area contributed by atoms with Gasteiger partial charge in [0.05, 0.1) is 24.6 Å². The Morgan fingerprint density at radius 3 is 2.64 bits per heavy atom. The molecule has 0 amide bonds. The van der Waals surface area contributed by atoms with Gasteiger partial charge in [0, 0.05) is 4.47 Å². The van der Waals surface area contributed by atoms with Gasteiger partial charge >= 0.3 is 5.97 Å². The second-order valence-electron chi connectivity index (χ2n) is 4.29. The lowest BCUT2D eigenvalue weighted by molar-refractivity contribution is -0.271. The number of carboxylic acid groups (broad SMARTS) is 1. The summed E-state index contributed by atoms with van der Waals surface area (Å²) in [5, 5.41) is 24.5. The van der Waals surface area contributed by atoms with Crippen LogP contribution in [0.4, 0.5) is 5.69 Å². The van der Waals surface area contributed by atoms with E-state index in [9.17, 15) is 9.90 Å². The highest BCUT2D eigenvalue weighted by Gasteiger charge is 2.02. The Morgan fingerprint density at radius 2 is 2.05 bits per heavy atom. The van der Waals surface area contributed by atoms with Gasteiger partial charge in [0.2, 0.25) is 0 Å². The van der Waals surface area contributed by atoms with Crippen LogP contribution in [0.3, 0.4) is 0 Å². The minimum atomic E-state index is -0.982. The van der Waals surface area contributed by atoms with Gasteiger partial charge < -0.3 is 14.9 Å². The highest BCUT2D eigenvalue weighted by molar-refractivity contribution is 9.10. The summed E-state index contributed by atoms with van der Waals surface area (Å²) < 4.78 is 5.37. The molecule has 2 aromatic rings. The van der Waals surface area contributed by atoms with Gasteiger partial charge in [0.25, 0.3) is 0 Å². The molecule has 0 bridgehead atoms. The molecule has 0 heterocycles. The zero-order chi connectivity index (χ0) is 16.1. The Kier molecular flexibility index (Phi) is 5.00. The van der Waals surface area contributed by atoms with Crippen LogP contribution in [0.1, 0.15) is 15.9 Å². The molecule has 0 aliphatic heterocycles. The molecular weight excluding hydrogens is 352 g/mol. The Morgan fingerprint density at radius 1 is 1.36 bits per heavy atom. The summed E-state index contributed by atoms with van der Waals surface area (Å²) in [6.45, 7) is 0. The number of rotatable bonds is 5. The molecule has 7 heteroatoms. The second kappa shape index (κ2) is 6.95. The third-order valence-corrected chi connectivity index (χ3v) is 3.38. The van der Waals surface area contributed by atoms with E-state index in [0.29, 0.717) is 15.7 Å². The molecule has 0 spiro atoms. The van der Waals surface area contributed by atoms with E-state index < -0.39 is 5.97 Å². The van der Waals surface area contributed by atoms with Crippen molar-refractivity contribution in [3.8, 4) is 11.5 Å². The third kappa shape index (κ3) is 3.76. The normalized spacial score (nSPS) is 10.6. The maximum atomic E-state index is 11.7. The molecule has 0 atom stereocenters. The van der Waals surface area contributed by atoms with Crippen LogP contribution in [0.5, 0.6) is 11.5 Å². The van der Waals surface area contributed by atoms with Crippen molar-refractivity contribution < 1.29 is 19.7 Å². The van der Waals surface area contributed by atoms with Crippen molar-refractivity contribution in [1.29, 1.82) is 0 Å². The van der Waals surface area contributed by atoms with E-state index in [1.54, 1.807) is 24.3 Å². The molecule has 2 aromatic carbocycles. The summed E-state index contributed by atoms with van der Waals surface area (Å²) in [5.41, 5.74) is 4.30. The van der Waals surface area contributed by atoms with E-state index in [1.807, 2.05) is 0 Å². The zero-order valence-corrected chi connectivity index (χ0v) is 13.1. The number of benzene rings is 2. The van der Waals surface area contributed by atoms with Crippen LogP contribution in [0.15, 0.2) is 46.0 Å². The minimum absolute atomic E-state index is 0.203. The van der Waals surface area contributed by atoms with E-state index >= 15 is 0 Å². The van der Waals surface area contributed by atoms with Crippen LogP contribution in [0.2, 0.25) is 0 Å². The fourth-order valence-electron chi connectivity index (χ4n) is 1.68. The van der Waals surface area contributed by atoms with Crippen molar-refractivity contribution in [2.75, 3.05) is 12.5 Å². The first-order valence-corrected chi connectivity index (χ1v) is 6.97. The number of halogens is 1. The number of nitrogens with zero attached hydrogens (tertiary/aromatic N) is 1. The maximum absolute atomic E-state index is 11.7. The number of hydrogen-bond donors (Lipinski definition) is 2. The van der Waals surface area contributed by atoms with E-state index in [2.05, 4.69) is 26.5 Å². The molecule has 114 valence electrons. The number of aromatic carboxylic acids is 1. The molecule has 0 saturated carbocycles. The number of methoxy groups -OCH3 is 1. The average molecular weight is 364 g/mol. The Bertz CT molecular complexity index is 714. The van der Waals surface area contributed by atoms with Crippen molar-refractivity contribution >= 4 is 33.8 Å². The van der Waals surface area contributed by atoms with Crippen LogP contribution in [-0.2, 0) is 0 Å². The fraction of sp³-hybridized carbons (Fsp3) is 0.0667. The monoisotopic (exact) mass is 363 g/mol. The average Bonchev–Trinajstić information content (AvgIpc) is 2.51. The maximum Gasteiger partial charge on any atom is 0.335 e. The number of carboxylic acids is 1.